The average Bonchev–Trinajstić information content (AvgIpc) is 2.88. The highest BCUT2D eigenvalue weighted by atomic mass is 16.5. The van der Waals surface area contributed by atoms with Crippen LogP contribution in [0.15, 0.2) is 0 Å². The van der Waals surface area contributed by atoms with Crippen molar-refractivity contribution in [2.45, 2.75) is 69.5 Å². The number of piperidine rings is 1. The first-order valence-electron chi connectivity index (χ1n) is 8.19. The summed E-state index contributed by atoms with van der Waals surface area (Å²) in [4.78, 5) is 0. The van der Waals surface area contributed by atoms with Gasteiger partial charge in [-0.1, -0.05) is 12.8 Å². The summed E-state index contributed by atoms with van der Waals surface area (Å²) in [6, 6.07) is 0. The molecular formula is C16H29NO2. The topological polar surface area (TPSA) is 41.5 Å². The fraction of sp³-hybridized carbons (Fsp3) is 1.00. The smallest absolute Gasteiger partial charge is 0.0689 e. The fourth-order valence-electron chi connectivity index (χ4n) is 4.58. The van der Waals surface area contributed by atoms with Gasteiger partial charge in [0.15, 0.2) is 0 Å². The first-order chi connectivity index (χ1) is 9.12. The van der Waals surface area contributed by atoms with Crippen molar-refractivity contribution in [3.05, 3.63) is 0 Å². The van der Waals surface area contributed by atoms with Gasteiger partial charge in [-0.2, -0.15) is 0 Å². The van der Waals surface area contributed by atoms with Gasteiger partial charge in [0, 0.05) is 19.1 Å². The van der Waals surface area contributed by atoms with Gasteiger partial charge in [0.2, 0.25) is 0 Å². The van der Waals surface area contributed by atoms with E-state index in [9.17, 15) is 5.11 Å². The summed E-state index contributed by atoms with van der Waals surface area (Å²) in [5, 5.41) is 14.6. The number of nitrogens with one attached hydrogen (secondary N) is 1. The summed E-state index contributed by atoms with van der Waals surface area (Å²) in [7, 11) is 0. The van der Waals surface area contributed by atoms with Gasteiger partial charge in [-0.3, -0.25) is 0 Å². The number of hydrogen-bond donors (Lipinski definition) is 2. The van der Waals surface area contributed by atoms with Crippen molar-refractivity contribution < 1.29 is 9.84 Å². The van der Waals surface area contributed by atoms with Crippen molar-refractivity contribution in [1.82, 2.24) is 5.32 Å². The maximum Gasteiger partial charge on any atom is 0.0689 e. The van der Waals surface area contributed by atoms with Gasteiger partial charge >= 0.3 is 0 Å². The minimum atomic E-state index is -0.521. The maximum absolute atomic E-state index is 11.1. The zero-order valence-electron chi connectivity index (χ0n) is 12.3. The molecule has 1 aliphatic carbocycles. The van der Waals surface area contributed by atoms with Gasteiger partial charge in [-0.05, 0) is 57.9 Å². The first-order valence-corrected chi connectivity index (χ1v) is 8.19. The SMILES string of the molecule is CC(O)(C1CCCNC1)C1CCOC2(CCCC2)C1. The lowest BCUT2D eigenvalue weighted by molar-refractivity contribution is -0.153. The van der Waals surface area contributed by atoms with Crippen LogP contribution in [-0.2, 0) is 4.74 Å². The largest absolute Gasteiger partial charge is 0.390 e. The lowest BCUT2D eigenvalue weighted by Gasteiger charge is -2.47. The molecule has 0 bridgehead atoms. The van der Waals surface area contributed by atoms with Gasteiger partial charge in [0.1, 0.15) is 0 Å². The second-order valence-corrected chi connectivity index (χ2v) is 7.20. The van der Waals surface area contributed by atoms with Crippen LogP contribution in [0.1, 0.15) is 58.3 Å². The first kappa shape index (κ1) is 13.8. The molecule has 0 aromatic carbocycles. The average molecular weight is 267 g/mol. The number of rotatable bonds is 2. The van der Waals surface area contributed by atoms with Crippen LogP contribution in [0, 0.1) is 11.8 Å². The minimum Gasteiger partial charge on any atom is -0.390 e. The minimum absolute atomic E-state index is 0.120. The van der Waals surface area contributed by atoms with E-state index < -0.39 is 5.60 Å². The molecular weight excluding hydrogens is 238 g/mol. The molecule has 3 rings (SSSR count). The molecule has 2 saturated heterocycles. The second-order valence-electron chi connectivity index (χ2n) is 7.20. The van der Waals surface area contributed by atoms with Crippen LogP contribution in [0.25, 0.3) is 0 Å². The predicted octanol–water partition coefficient (Wildman–Crippen LogP) is 2.48. The Bertz CT molecular complexity index is 304. The summed E-state index contributed by atoms with van der Waals surface area (Å²) in [6.45, 7) is 5.03. The van der Waals surface area contributed by atoms with Crippen molar-refractivity contribution in [2.75, 3.05) is 19.7 Å². The van der Waals surface area contributed by atoms with Gasteiger partial charge in [0.05, 0.1) is 11.2 Å². The number of ether oxygens (including phenoxy) is 1. The molecule has 110 valence electrons. The Morgan fingerprint density at radius 1 is 1.16 bits per heavy atom. The molecule has 0 radical (unpaired) electrons. The molecule has 3 atom stereocenters. The molecule has 0 aromatic rings. The third-order valence-electron chi connectivity index (χ3n) is 5.96. The number of hydrogen-bond acceptors (Lipinski definition) is 3. The van der Waals surface area contributed by atoms with Gasteiger partial charge in [0.25, 0.3) is 0 Å². The van der Waals surface area contributed by atoms with E-state index in [-0.39, 0.29) is 5.60 Å². The Morgan fingerprint density at radius 2 is 1.95 bits per heavy atom. The van der Waals surface area contributed by atoms with E-state index in [1.165, 1.54) is 38.5 Å². The zero-order chi connectivity index (χ0) is 13.3. The molecule has 1 saturated carbocycles. The van der Waals surface area contributed by atoms with Gasteiger partial charge < -0.3 is 15.2 Å². The lowest BCUT2D eigenvalue weighted by Crippen LogP contribution is -2.53. The molecule has 2 aliphatic heterocycles. The third-order valence-corrected chi connectivity index (χ3v) is 5.96. The summed E-state index contributed by atoms with van der Waals surface area (Å²) in [5.41, 5.74) is -0.401. The fourth-order valence-corrected chi connectivity index (χ4v) is 4.58. The molecule has 3 heteroatoms. The Kier molecular flexibility index (Phi) is 3.89. The van der Waals surface area contributed by atoms with Crippen molar-refractivity contribution in [2.24, 2.45) is 11.8 Å². The Labute approximate surface area is 117 Å². The summed E-state index contributed by atoms with van der Waals surface area (Å²) in [6.07, 6.45) is 9.52. The zero-order valence-corrected chi connectivity index (χ0v) is 12.3. The summed E-state index contributed by atoms with van der Waals surface area (Å²) < 4.78 is 6.11. The molecule has 19 heavy (non-hydrogen) atoms. The maximum atomic E-state index is 11.1. The molecule has 1 spiro atoms. The normalized spacial score (nSPS) is 38.2. The van der Waals surface area contributed by atoms with Crippen molar-refractivity contribution in [1.29, 1.82) is 0 Å². The molecule has 0 amide bonds. The van der Waals surface area contributed by atoms with Crippen LogP contribution >= 0.6 is 0 Å². The third kappa shape index (κ3) is 2.70. The van der Waals surface area contributed by atoms with E-state index in [2.05, 4.69) is 12.2 Å². The van der Waals surface area contributed by atoms with Crippen LogP contribution in [-0.4, -0.2) is 36.0 Å². The number of aliphatic hydroxyl groups is 1. The Balaban J connectivity index is 1.69. The Hall–Kier alpha value is -0.120. The predicted molar refractivity (Wildman–Crippen MR) is 76.1 cm³/mol. The van der Waals surface area contributed by atoms with E-state index in [0.717, 1.165) is 32.5 Å². The summed E-state index contributed by atoms with van der Waals surface area (Å²) in [5.74, 6) is 0.840. The van der Waals surface area contributed by atoms with Crippen LogP contribution in [0.2, 0.25) is 0 Å². The van der Waals surface area contributed by atoms with E-state index in [1.54, 1.807) is 0 Å². The molecule has 3 nitrogen and oxygen atoms in total. The van der Waals surface area contributed by atoms with Crippen LogP contribution in [0.4, 0.5) is 0 Å². The highest BCUT2D eigenvalue weighted by molar-refractivity contribution is 4.99. The quantitative estimate of drug-likeness (QED) is 0.807. The van der Waals surface area contributed by atoms with Crippen LogP contribution in [0.3, 0.4) is 0 Å². The highest BCUT2D eigenvalue weighted by Crippen LogP contribution is 2.47. The van der Waals surface area contributed by atoms with E-state index >= 15 is 0 Å². The van der Waals surface area contributed by atoms with Crippen LogP contribution in [0.5, 0.6) is 0 Å². The highest BCUT2D eigenvalue weighted by Gasteiger charge is 2.47. The Morgan fingerprint density at radius 3 is 2.63 bits per heavy atom. The van der Waals surface area contributed by atoms with Crippen molar-refractivity contribution >= 4 is 0 Å². The van der Waals surface area contributed by atoms with E-state index in [4.69, 9.17) is 4.74 Å². The molecule has 3 fully saturated rings. The molecule has 0 aromatic heterocycles. The van der Waals surface area contributed by atoms with Crippen molar-refractivity contribution in [3.63, 3.8) is 0 Å². The summed E-state index contributed by atoms with van der Waals surface area (Å²) >= 11 is 0. The van der Waals surface area contributed by atoms with E-state index in [1.807, 2.05) is 0 Å². The molecule has 2 heterocycles. The van der Waals surface area contributed by atoms with Crippen LogP contribution < -0.4 is 5.32 Å². The monoisotopic (exact) mass is 267 g/mol. The molecule has 3 aliphatic rings. The molecule has 2 N–H and O–H groups in total. The van der Waals surface area contributed by atoms with E-state index in [0.29, 0.717) is 11.8 Å². The van der Waals surface area contributed by atoms with Crippen molar-refractivity contribution in [3.8, 4) is 0 Å². The van der Waals surface area contributed by atoms with Gasteiger partial charge in [-0.15, -0.1) is 0 Å². The lowest BCUT2D eigenvalue weighted by atomic mass is 9.68. The second kappa shape index (κ2) is 5.34. The molecule has 3 unspecified atom stereocenters. The standard InChI is InChI=1S/C16H29NO2/c1-15(18,14-5-4-9-17-12-14)13-6-10-19-16(11-13)7-2-3-8-16/h13-14,17-18H,2-12H2,1H3. The van der Waals surface area contributed by atoms with Gasteiger partial charge in [-0.25, -0.2) is 0 Å².